The summed E-state index contributed by atoms with van der Waals surface area (Å²) < 4.78 is 38.3. The average molecular weight is 438 g/mol. The van der Waals surface area contributed by atoms with Crippen LogP contribution >= 0.6 is 23.2 Å². The second kappa shape index (κ2) is 8.27. The van der Waals surface area contributed by atoms with Crippen molar-refractivity contribution in [2.75, 3.05) is 5.32 Å². The van der Waals surface area contributed by atoms with Crippen LogP contribution in [0.25, 0.3) is 11.1 Å². The fourth-order valence-electron chi connectivity index (χ4n) is 2.72. The third kappa shape index (κ3) is 4.78. The van der Waals surface area contributed by atoms with E-state index in [-0.39, 0.29) is 16.1 Å². The summed E-state index contributed by atoms with van der Waals surface area (Å²) in [4.78, 5) is 24.0. The summed E-state index contributed by atoms with van der Waals surface area (Å²) in [5, 5.41) is 2.01. The highest BCUT2D eigenvalue weighted by Crippen LogP contribution is 2.32. The fraction of sp³-hybridized carbons (Fsp3) is 0.0476. The Labute approximate surface area is 174 Å². The molecule has 29 heavy (non-hydrogen) atoms. The standard InChI is InChI=1S/C21H12Cl2F3NO2/c22-18-11-14(9-10-17(18)19(23)28)27-20(29)16-4-2-1-3-15(16)12-5-7-13(8-6-12)21(24,25)26/h1-11H,(H,27,29). The Bertz CT molecular complexity index is 1080. The minimum Gasteiger partial charge on any atom is -0.322 e. The van der Waals surface area contributed by atoms with Gasteiger partial charge in [0.05, 0.1) is 16.1 Å². The molecule has 0 aromatic heterocycles. The predicted octanol–water partition coefficient (Wildman–Crippen LogP) is 6.66. The van der Waals surface area contributed by atoms with Gasteiger partial charge in [-0.1, -0.05) is 41.9 Å². The molecule has 0 spiro atoms. The lowest BCUT2D eigenvalue weighted by Gasteiger charge is -2.12. The van der Waals surface area contributed by atoms with E-state index < -0.39 is 22.9 Å². The zero-order valence-electron chi connectivity index (χ0n) is 14.6. The van der Waals surface area contributed by atoms with Crippen molar-refractivity contribution in [3.8, 4) is 11.1 Å². The molecule has 0 heterocycles. The molecule has 0 aliphatic carbocycles. The summed E-state index contributed by atoms with van der Waals surface area (Å²) in [5.74, 6) is -0.485. The Morgan fingerprint density at radius 3 is 2.10 bits per heavy atom. The maximum atomic E-state index is 12.8. The number of carbonyl (C=O) groups is 2. The van der Waals surface area contributed by atoms with E-state index in [0.29, 0.717) is 16.8 Å². The molecule has 3 nitrogen and oxygen atoms in total. The van der Waals surface area contributed by atoms with Crippen LogP contribution in [0, 0.1) is 0 Å². The van der Waals surface area contributed by atoms with Gasteiger partial charge < -0.3 is 5.32 Å². The molecule has 0 radical (unpaired) electrons. The molecule has 3 rings (SSSR count). The Morgan fingerprint density at radius 1 is 0.862 bits per heavy atom. The van der Waals surface area contributed by atoms with Crippen molar-refractivity contribution in [3.05, 3.63) is 88.4 Å². The molecule has 148 valence electrons. The second-order valence-electron chi connectivity index (χ2n) is 6.04. The molecule has 3 aromatic rings. The third-order valence-corrected chi connectivity index (χ3v) is 4.65. The zero-order valence-corrected chi connectivity index (χ0v) is 16.1. The van der Waals surface area contributed by atoms with Crippen molar-refractivity contribution in [1.82, 2.24) is 0 Å². The van der Waals surface area contributed by atoms with Crippen LogP contribution in [-0.4, -0.2) is 11.1 Å². The molecule has 0 atom stereocenters. The number of halogens is 5. The molecular weight excluding hydrogens is 426 g/mol. The van der Waals surface area contributed by atoms with Crippen LogP contribution < -0.4 is 5.32 Å². The summed E-state index contributed by atoms with van der Waals surface area (Å²) in [5.41, 5.74) is 0.871. The molecule has 0 fully saturated rings. The molecule has 0 unspecified atom stereocenters. The quantitative estimate of drug-likeness (QED) is 0.464. The van der Waals surface area contributed by atoms with Crippen LogP contribution in [-0.2, 0) is 6.18 Å². The van der Waals surface area contributed by atoms with E-state index in [1.807, 2.05) is 0 Å². The largest absolute Gasteiger partial charge is 0.416 e. The summed E-state index contributed by atoms with van der Waals surface area (Å²) in [6.45, 7) is 0. The van der Waals surface area contributed by atoms with Gasteiger partial charge in [0, 0.05) is 11.3 Å². The van der Waals surface area contributed by atoms with Gasteiger partial charge in [0.25, 0.3) is 11.1 Å². The number of anilines is 1. The molecule has 0 aliphatic heterocycles. The van der Waals surface area contributed by atoms with Crippen LogP contribution in [0.3, 0.4) is 0 Å². The number of rotatable bonds is 4. The first-order chi connectivity index (χ1) is 13.7. The Hall–Kier alpha value is -2.83. The van der Waals surface area contributed by atoms with Gasteiger partial charge in [-0.25, -0.2) is 0 Å². The first-order valence-electron chi connectivity index (χ1n) is 8.24. The lowest BCUT2D eigenvalue weighted by atomic mass is 9.98. The van der Waals surface area contributed by atoms with E-state index in [9.17, 15) is 22.8 Å². The van der Waals surface area contributed by atoms with E-state index in [2.05, 4.69) is 5.32 Å². The molecule has 0 saturated carbocycles. The SMILES string of the molecule is O=C(Cl)c1ccc(NC(=O)c2ccccc2-c2ccc(C(F)(F)F)cc2)cc1Cl. The highest BCUT2D eigenvalue weighted by Gasteiger charge is 2.30. The number of benzene rings is 3. The van der Waals surface area contributed by atoms with E-state index >= 15 is 0 Å². The van der Waals surface area contributed by atoms with Crippen molar-refractivity contribution < 1.29 is 22.8 Å². The highest BCUT2D eigenvalue weighted by atomic mass is 35.5. The van der Waals surface area contributed by atoms with Crippen LogP contribution in [0.5, 0.6) is 0 Å². The summed E-state index contributed by atoms with van der Waals surface area (Å²) in [6.07, 6.45) is -4.44. The molecule has 8 heteroatoms. The van der Waals surface area contributed by atoms with Crippen LogP contribution in [0.4, 0.5) is 18.9 Å². The lowest BCUT2D eigenvalue weighted by molar-refractivity contribution is -0.137. The fourth-order valence-corrected chi connectivity index (χ4v) is 3.20. The van der Waals surface area contributed by atoms with Gasteiger partial charge in [-0.15, -0.1) is 0 Å². The summed E-state index contributed by atoms with van der Waals surface area (Å²) in [7, 11) is 0. The topological polar surface area (TPSA) is 46.2 Å². The van der Waals surface area contributed by atoms with Crippen molar-refractivity contribution >= 4 is 40.0 Å². The van der Waals surface area contributed by atoms with Crippen LogP contribution in [0.15, 0.2) is 66.7 Å². The predicted molar refractivity (Wildman–Crippen MR) is 106 cm³/mol. The van der Waals surface area contributed by atoms with E-state index in [1.54, 1.807) is 24.3 Å². The summed E-state index contributed by atoms with van der Waals surface area (Å²) >= 11 is 11.4. The highest BCUT2D eigenvalue weighted by molar-refractivity contribution is 6.68. The molecule has 0 bridgehead atoms. The Kier molecular flexibility index (Phi) is 5.96. The first kappa shape index (κ1) is 20.9. The van der Waals surface area contributed by atoms with Gasteiger partial charge in [0.1, 0.15) is 0 Å². The van der Waals surface area contributed by atoms with Gasteiger partial charge in [0.2, 0.25) is 0 Å². The maximum Gasteiger partial charge on any atom is 0.416 e. The van der Waals surface area contributed by atoms with Crippen LogP contribution in [0.1, 0.15) is 26.3 Å². The van der Waals surface area contributed by atoms with E-state index in [1.165, 1.54) is 30.3 Å². The zero-order chi connectivity index (χ0) is 21.2. The normalized spacial score (nSPS) is 11.2. The average Bonchev–Trinajstić information content (AvgIpc) is 2.67. The molecule has 0 aliphatic rings. The van der Waals surface area contributed by atoms with Gasteiger partial charge in [-0.05, 0) is 59.1 Å². The third-order valence-electron chi connectivity index (χ3n) is 4.13. The van der Waals surface area contributed by atoms with Gasteiger partial charge in [-0.2, -0.15) is 13.2 Å². The minimum atomic E-state index is -4.44. The monoisotopic (exact) mass is 437 g/mol. The number of hydrogen-bond acceptors (Lipinski definition) is 2. The van der Waals surface area contributed by atoms with Crippen molar-refractivity contribution in [3.63, 3.8) is 0 Å². The smallest absolute Gasteiger partial charge is 0.322 e. The van der Waals surface area contributed by atoms with Crippen molar-refractivity contribution in [2.24, 2.45) is 0 Å². The van der Waals surface area contributed by atoms with E-state index in [4.69, 9.17) is 23.2 Å². The second-order valence-corrected chi connectivity index (χ2v) is 6.79. The van der Waals surface area contributed by atoms with Crippen molar-refractivity contribution in [2.45, 2.75) is 6.18 Å². The van der Waals surface area contributed by atoms with Crippen LogP contribution in [0.2, 0.25) is 5.02 Å². The molecule has 0 saturated heterocycles. The Morgan fingerprint density at radius 2 is 1.52 bits per heavy atom. The van der Waals surface area contributed by atoms with Crippen molar-refractivity contribution in [1.29, 1.82) is 0 Å². The minimum absolute atomic E-state index is 0.0822. The Balaban J connectivity index is 1.90. The number of nitrogens with one attached hydrogen (secondary N) is 1. The lowest BCUT2D eigenvalue weighted by Crippen LogP contribution is -2.13. The first-order valence-corrected chi connectivity index (χ1v) is 9.00. The molecule has 3 aromatic carbocycles. The van der Waals surface area contributed by atoms with Gasteiger partial charge in [0.15, 0.2) is 0 Å². The maximum absolute atomic E-state index is 12.8. The van der Waals surface area contributed by atoms with Gasteiger partial charge in [-0.3, -0.25) is 9.59 Å². The number of amides is 1. The molecule has 1 N–H and O–H groups in total. The molecular formula is C21H12Cl2F3NO2. The summed E-state index contributed by atoms with van der Waals surface area (Å²) in [6, 6.07) is 15.3. The van der Waals surface area contributed by atoms with E-state index in [0.717, 1.165) is 12.1 Å². The van der Waals surface area contributed by atoms with Gasteiger partial charge >= 0.3 is 6.18 Å². The number of alkyl halides is 3. The number of hydrogen-bond donors (Lipinski definition) is 1. The molecule has 1 amide bonds. The number of carbonyl (C=O) groups excluding carboxylic acids is 2.